The summed E-state index contributed by atoms with van der Waals surface area (Å²) < 4.78 is 0. The lowest BCUT2D eigenvalue weighted by Crippen LogP contribution is -2.42. The Balaban J connectivity index is 1.80. The lowest BCUT2D eigenvalue weighted by molar-refractivity contribution is -0.133. The van der Waals surface area contributed by atoms with Gasteiger partial charge in [-0.25, -0.2) is 0 Å². The summed E-state index contributed by atoms with van der Waals surface area (Å²) in [5.41, 5.74) is 0.600. The third kappa shape index (κ3) is 2.40. The maximum Gasteiger partial charge on any atom is 0.223 e. The molecule has 16 heavy (non-hydrogen) atoms. The smallest absolute Gasteiger partial charge is 0.223 e. The molecule has 0 N–H and O–H groups in total. The fourth-order valence-electron chi connectivity index (χ4n) is 3.19. The number of likely N-dealkylation sites (tertiary alicyclic amines) is 1. The van der Waals surface area contributed by atoms with Gasteiger partial charge in [-0.15, -0.1) is 12.3 Å². The van der Waals surface area contributed by atoms with Crippen molar-refractivity contribution in [3.63, 3.8) is 0 Å². The Morgan fingerprint density at radius 3 is 2.38 bits per heavy atom. The Labute approximate surface area is 98.4 Å². The minimum atomic E-state index is 0.255. The van der Waals surface area contributed by atoms with Crippen molar-refractivity contribution in [2.75, 3.05) is 13.1 Å². The molecule has 88 valence electrons. The molecule has 1 amide bonds. The Morgan fingerprint density at radius 1 is 1.19 bits per heavy atom. The molecule has 2 rings (SSSR count). The summed E-state index contributed by atoms with van der Waals surface area (Å²) in [7, 11) is 0. The van der Waals surface area contributed by atoms with E-state index < -0.39 is 0 Å². The highest BCUT2D eigenvalue weighted by Gasteiger charge is 2.37. The first-order chi connectivity index (χ1) is 7.76. The monoisotopic (exact) mass is 219 g/mol. The predicted molar refractivity (Wildman–Crippen MR) is 64.8 cm³/mol. The first-order valence-corrected chi connectivity index (χ1v) is 6.47. The minimum absolute atomic E-state index is 0.255. The fourth-order valence-corrected chi connectivity index (χ4v) is 3.19. The van der Waals surface area contributed by atoms with Crippen molar-refractivity contribution in [2.24, 2.45) is 5.41 Å². The highest BCUT2D eigenvalue weighted by molar-refractivity contribution is 5.76. The summed E-state index contributed by atoms with van der Waals surface area (Å²) in [5.74, 6) is 2.79. The van der Waals surface area contributed by atoms with Gasteiger partial charge in [0.05, 0.1) is 0 Å². The van der Waals surface area contributed by atoms with Gasteiger partial charge in [0.25, 0.3) is 0 Å². The second kappa shape index (κ2) is 4.91. The largest absolute Gasteiger partial charge is 0.343 e. The topological polar surface area (TPSA) is 20.3 Å². The van der Waals surface area contributed by atoms with E-state index in [4.69, 9.17) is 6.42 Å². The Kier molecular flexibility index (Phi) is 3.53. The van der Waals surface area contributed by atoms with Gasteiger partial charge in [0, 0.05) is 25.9 Å². The quantitative estimate of drug-likeness (QED) is 0.654. The second-order valence-corrected chi connectivity index (χ2v) is 5.29. The number of amides is 1. The normalized spacial score (nSPS) is 23.3. The van der Waals surface area contributed by atoms with E-state index in [9.17, 15) is 4.79 Å². The number of carbonyl (C=O) groups is 1. The summed E-state index contributed by atoms with van der Waals surface area (Å²) in [5, 5.41) is 0. The van der Waals surface area contributed by atoms with Crippen LogP contribution in [0, 0.1) is 17.8 Å². The van der Waals surface area contributed by atoms with Crippen LogP contribution in [0.2, 0.25) is 0 Å². The van der Waals surface area contributed by atoms with Crippen LogP contribution in [-0.2, 0) is 4.79 Å². The molecule has 1 aliphatic heterocycles. The van der Waals surface area contributed by atoms with Crippen LogP contribution in [0.5, 0.6) is 0 Å². The molecule has 0 aromatic heterocycles. The van der Waals surface area contributed by atoms with Crippen LogP contribution in [0.3, 0.4) is 0 Å². The summed E-state index contributed by atoms with van der Waals surface area (Å²) in [6, 6.07) is 0. The molecule has 0 aromatic rings. The van der Waals surface area contributed by atoms with Crippen molar-refractivity contribution < 1.29 is 4.79 Å². The van der Waals surface area contributed by atoms with Crippen molar-refractivity contribution >= 4 is 5.91 Å². The molecule has 0 radical (unpaired) electrons. The third-order valence-corrected chi connectivity index (χ3v) is 4.32. The van der Waals surface area contributed by atoms with Crippen LogP contribution in [-0.4, -0.2) is 23.9 Å². The van der Waals surface area contributed by atoms with Crippen LogP contribution in [0.15, 0.2) is 0 Å². The molecule has 1 saturated carbocycles. The standard InChI is InChI=1S/C14H21NO/c1-2-3-6-13(16)15-11-9-14(10-12-15)7-4-5-8-14/h1H,3-12H2. The molecule has 1 saturated heterocycles. The average molecular weight is 219 g/mol. The molecule has 1 spiro atoms. The molecular weight excluding hydrogens is 198 g/mol. The zero-order valence-electron chi connectivity index (χ0n) is 10.0. The number of rotatable bonds is 2. The lowest BCUT2D eigenvalue weighted by Gasteiger charge is -2.39. The molecule has 0 unspecified atom stereocenters. The third-order valence-electron chi connectivity index (χ3n) is 4.32. The maximum atomic E-state index is 11.8. The van der Waals surface area contributed by atoms with Crippen molar-refractivity contribution in [2.45, 2.75) is 51.4 Å². The Morgan fingerprint density at radius 2 is 1.81 bits per heavy atom. The summed E-state index contributed by atoms with van der Waals surface area (Å²) in [6.45, 7) is 1.92. The lowest BCUT2D eigenvalue weighted by atomic mass is 9.77. The van der Waals surface area contributed by atoms with Gasteiger partial charge >= 0.3 is 0 Å². The molecule has 2 aliphatic rings. The van der Waals surface area contributed by atoms with E-state index in [0.717, 1.165) is 13.1 Å². The molecule has 2 nitrogen and oxygen atoms in total. The molecule has 0 aromatic carbocycles. The number of carbonyl (C=O) groups excluding carboxylic acids is 1. The molecule has 0 atom stereocenters. The number of piperidine rings is 1. The van der Waals surface area contributed by atoms with E-state index in [1.165, 1.54) is 38.5 Å². The van der Waals surface area contributed by atoms with Gasteiger partial charge in [0.15, 0.2) is 0 Å². The average Bonchev–Trinajstić information content (AvgIpc) is 2.75. The van der Waals surface area contributed by atoms with Gasteiger partial charge in [-0.2, -0.15) is 0 Å². The first-order valence-electron chi connectivity index (χ1n) is 6.47. The molecule has 2 fully saturated rings. The van der Waals surface area contributed by atoms with Crippen molar-refractivity contribution in [3.05, 3.63) is 0 Å². The minimum Gasteiger partial charge on any atom is -0.343 e. The van der Waals surface area contributed by atoms with Crippen LogP contribution < -0.4 is 0 Å². The van der Waals surface area contributed by atoms with Crippen molar-refractivity contribution in [1.29, 1.82) is 0 Å². The highest BCUT2D eigenvalue weighted by atomic mass is 16.2. The first kappa shape index (κ1) is 11.5. The zero-order chi connectivity index (χ0) is 11.4. The SMILES string of the molecule is C#CCCC(=O)N1CCC2(CCCC2)CC1. The molecule has 1 heterocycles. The van der Waals surface area contributed by atoms with E-state index in [-0.39, 0.29) is 5.91 Å². The van der Waals surface area contributed by atoms with Crippen LogP contribution in [0.1, 0.15) is 51.4 Å². The Bertz CT molecular complexity index is 286. The van der Waals surface area contributed by atoms with Gasteiger partial charge < -0.3 is 4.90 Å². The molecule has 2 heteroatoms. The number of terminal acetylenes is 1. The summed E-state index contributed by atoms with van der Waals surface area (Å²) in [4.78, 5) is 13.8. The number of nitrogens with zero attached hydrogens (tertiary/aromatic N) is 1. The van der Waals surface area contributed by atoms with Crippen LogP contribution in [0.4, 0.5) is 0 Å². The van der Waals surface area contributed by atoms with Crippen molar-refractivity contribution in [3.8, 4) is 12.3 Å². The van der Waals surface area contributed by atoms with Crippen LogP contribution in [0.25, 0.3) is 0 Å². The van der Waals surface area contributed by atoms with Gasteiger partial charge in [-0.3, -0.25) is 4.79 Å². The highest BCUT2D eigenvalue weighted by Crippen LogP contribution is 2.46. The van der Waals surface area contributed by atoms with E-state index >= 15 is 0 Å². The Hall–Kier alpha value is -0.970. The van der Waals surface area contributed by atoms with Gasteiger partial charge in [0.1, 0.15) is 0 Å². The van der Waals surface area contributed by atoms with E-state index in [2.05, 4.69) is 5.92 Å². The molecule has 0 bridgehead atoms. The van der Waals surface area contributed by atoms with Crippen molar-refractivity contribution in [1.82, 2.24) is 4.90 Å². The molecular formula is C14H21NO. The maximum absolute atomic E-state index is 11.8. The predicted octanol–water partition coefficient (Wildman–Crippen LogP) is 2.58. The van der Waals surface area contributed by atoms with E-state index in [1.807, 2.05) is 4.90 Å². The fraction of sp³-hybridized carbons (Fsp3) is 0.786. The zero-order valence-corrected chi connectivity index (χ0v) is 10.0. The van der Waals surface area contributed by atoms with E-state index in [1.54, 1.807) is 0 Å². The van der Waals surface area contributed by atoms with Gasteiger partial charge in [-0.1, -0.05) is 12.8 Å². The summed E-state index contributed by atoms with van der Waals surface area (Å²) in [6.07, 6.45) is 14.3. The van der Waals surface area contributed by atoms with Crippen LogP contribution >= 0.6 is 0 Å². The molecule has 1 aliphatic carbocycles. The van der Waals surface area contributed by atoms with Gasteiger partial charge in [0.2, 0.25) is 5.91 Å². The summed E-state index contributed by atoms with van der Waals surface area (Å²) >= 11 is 0. The van der Waals surface area contributed by atoms with E-state index in [0.29, 0.717) is 18.3 Å². The second-order valence-electron chi connectivity index (χ2n) is 5.29. The van der Waals surface area contributed by atoms with Gasteiger partial charge in [-0.05, 0) is 31.1 Å². The number of hydrogen-bond acceptors (Lipinski definition) is 1. The number of hydrogen-bond donors (Lipinski definition) is 0.